The van der Waals surface area contributed by atoms with Crippen LogP contribution >= 0.6 is 0 Å². The number of hydrogen-bond donors (Lipinski definition) is 1. The van der Waals surface area contributed by atoms with E-state index < -0.39 is 54.5 Å². The van der Waals surface area contributed by atoms with E-state index in [9.17, 15) is 31.4 Å². The third kappa shape index (κ3) is 2.49. The molecule has 0 saturated heterocycles. The zero-order chi connectivity index (χ0) is 16.3. The van der Waals surface area contributed by atoms with Crippen molar-refractivity contribution in [3.05, 3.63) is 17.0 Å². The number of nitrogens with zero attached hydrogens (tertiary/aromatic N) is 2. The van der Waals surface area contributed by atoms with Crippen LogP contribution in [0.15, 0.2) is 0 Å². The second kappa shape index (κ2) is 4.87. The van der Waals surface area contributed by atoms with Crippen LogP contribution in [-0.4, -0.2) is 27.0 Å². The van der Waals surface area contributed by atoms with Crippen molar-refractivity contribution >= 4 is 0 Å². The summed E-state index contributed by atoms with van der Waals surface area (Å²) in [6.45, 7) is 0. The topological polar surface area (TPSA) is 38.1 Å². The number of fused-ring (bicyclic) bond motifs is 1. The molecule has 3 rings (SSSR count). The summed E-state index contributed by atoms with van der Waals surface area (Å²) in [6.07, 6.45) is -9.82. The first kappa shape index (κ1) is 15.6. The molecule has 2 aliphatic carbocycles. The first-order valence-electron chi connectivity index (χ1n) is 6.98. The minimum atomic E-state index is -4.82. The summed E-state index contributed by atoms with van der Waals surface area (Å²) in [4.78, 5) is 0. The van der Waals surface area contributed by atoms with E-state index in [2.05, 4.69) is 5.10 Å². The number of alkyl halides is 6. The molecular formula is C13H14F6N2O. The van der Waals surface area contributed by atoms with Crippen LogP contribution in [0.1, 0.15) is 54.8 Å². The van der Waals surface area contributed by atoms with Gasteiger partial charge in [-0.25, -0.2) is 13.2 Å². The average Bonchev–Trinajstić information content (AvgIpc) is 2.89. The molecule has 0 aromatic carbocycles. The Morgan fingerprint density at radius 1 is 1.18 bits per heavy atom. The molecule has 0 amide bonds. The normalized spacial score (nSPS) is 28.9. The fraction of sp³-hybridized carbons (Fsp3) is 0.769. The molecule has 1 fully saturated rings. The standard InChI is InChI=1S/C13H14F6N2O/c14-7-5-8-9(10(7)22)11(13(17,18)19)20-21(8)6-1-3-12(15,16)4-2-6/h6-7,10,22H,1-5H2/t7-,10-/m1/s1. The highest BCUT2D eigenvalue weighted by Gasteiger charge is 2.48. The molecule has 0 unspecified atom stereocenters. The van der Waals surface area contributed by atoms with E-state index in [-0.39, 0.29) is 25.0 Å². The Morgan fingerprint density at radius 3 is 2.32 bits per heavy atom. The number of aliphatic hydroxyl groups excluding tert-OH is 1. The van der Waals surface area contributed by atoms with Gasteiger partial charge in [-0.05, 0) is 12.8 Å². The molecule has 22 heavy (non-hydrogen) atoms. The van der Waals surface area contributed by atoms with Crippen LogP contribution in [0, 0.1) is 0 Å². The second-order valence-corrected chi connectivity index (χ2v) is 5.90. The van der Waals surface area contributed by atoms with E-state index in [1.807, 2.05) is 0 Å². The Balaban J connectivity index is 1.99. The van der Waals surface area contributed by atoms with Crippen molar-refractivity contribution in [3.8, 4) is 0 Å². The third-order valence-electron chi connectivity index (χ3n) is 4.38. The number of halogens is 6. The zero-order valence-corrected chi connectivity index (χ0v) is 11.4. The molecule has 1 aromatic heterocycles. The Hall–Kier alpha value is -1.25. The number of hydrogen-bond acceptors (Lipinski definition) is 2. The van der Waals surface area contributed by atoms with E-state index in [1.54, 1.807) is 0 Å². The van der Waals surface area contributed by atoms with Gasteiger partial charge in [0, 0.05) is 30.5 Å². The Bertz CT molecular complexity index is 572. The minimum Gasteiger partial charge on any atom is -0.385 e. The minimum absolute atomic E-state index is 0.0224. The summed E-state index contributed by atoms with van der Waals surface area (Å²) in [5.41, 5.74) is -1.88. The summed E-state index contributed by atoms with van der Waals surface area (Å²) < 4.78 is 80.0. The molecule has 1 N–H and O–H groups in total. The van der Waals surface area contributed by atoms with Crippen molar-refractivity contribution in [1.82, 2.24) is 9.78 Å². The van der Waals surface area contributed by atoms with E-state index in [4.69, 9.17) is 0 Å². The van der Waals surface area contributed by atoms with Crippen molar-refractivity contribution in [1.29, 1.82) is 0 Å². The maximum Gasteiger partial charge on any atom is 0.435 e. The van der Waals surface area contributed by atoms with Gasteiger partial charge in [0.2, 0.25) is 5.92 Å². The van der Waals surface area contributed by atoms with E-state index >= 15 is 0 Å². The molecule has 0 aliphatic heterocycles. The molecule has 9 heteroatoms. The van der Waals surface area contributed by atoms with Crippen LogP contribution < -0.4 is 0 Å². The summed E-state index contributed by atoms with van der Waals surface area (Å²) in [7, 11) is 0. The molecule has 0 spiro atoms. The predicted octanol–water partition coefficient (Wildman–Crippen LogP) is 3.58. The van der Waals surface area contributed by atoms with Crippen LogP contribution in [0.25, 0.3) is 0 Å². The van der Waals surface area contributed by atoms with Crippen molar-refractivity contribution in [3.63, 3.8) is 0 Å². The summed E-state index contributed by atoms with van der Waals surface area (Å²) >= 11 is 0. The summed E-state index contributed by atoms with van der Waals surface area (Å²) in [5, 5.41) is 13.1. The van der Waals surface area contributed by atoms with Crippen molar-refractivity contribution < 1.29 is 31.4 Å². The molecule has 0 radical (unpaired) electrons. The number of aromatic nitrogens is 2. The highest BCUT2D eigenvalue weighted by Crippen LogP contribution is 2.45. The first-order chi connectivity index (χ1) is 10.1. The zero-order valence-electron chi connectivity index (χ0n) is 11.4. The molecule has 2 atom stereocenters. The maximum absolute atomic E-state index is 13.6. The molecule has 1 saturated carbocycles. The van der Waals surface area contributed by atoms with Gasteiger partial charge >= 0.3 is 6.18 Å². The second-order valence-electron chi connectivity index (χ2n) is 5.90. The maximum atomic E-state index is 13.6. The van der Waals surface area contributed by atoms with Gasteiger partial charge in [0.25, 0.3) is 0 Å². The summed E-state index contributed by atoms with van der Waals surface area (Å²) in [6, 6.07) is -0.623. The van der Waals surface area contributed by atoms with Crippen molar-refractivity contribution in [2.45, 2.75) is 62.5 Å². The fourth-order valence-corrected chi connectivity index (χ4v) is 3.25. The lowest BCUT2D eigenvalue weighted by Crippen LogP contribution is -2.28. The molecule has 0 bridgehead atoms. The van der Waals surface area contributed by atoms with E-state index in [0.717, 1.165) is 4.68 Å². The van der Waals surface area contributed by atoms with Gasteiger partial charge in [-0.15, -0.1) is 0 Å². The molecular weight excluding hydrogens is 314 g/mol. The Labute approximate surface area is 121 Å². The highest BCUT2D eigenvalue weighted by molar-refractivity contribution is 5.37. The van der Waals surface area contributed by atoms with Gasteiger partial charge in [-0.3, -0.25) is 4.68 Å². The van der Waals surface area contributed by atoms with Gasteiger partial charge < -0.3 is 5.11 Å². The first-order valence-corrected chi connectivity index (χ1v) is 6.98. The third-order valence-corrected chi connectivity index (χ3v) is 4.38. The predicted molar refractivity (Wildman–Crippen MR) is 63.2 cm³/mol. The smallest absolute Gasteiger partial charge is 0.385 e. The molecule has 1 heterocycles. The molecule has 124 valence electrons. The number of aliphatic hydroxyl groups is 1. The lowest BCUT2D eigenvalue weighted by atomic mass is 9.92. The lowest BCUT2D eigenvalue weighted by Gasteiger charge is -2.29. The lowest BCUT2D eigenvalue weighted by molar-refractivity contribution is -0.143. The van der Waals surface area contributed by atoms with E-state index in [1.165, 1.54) is 0 Å². The van der Waals surface area contributed by atoms with Gasteiger partial charge in [0.15, 0.2) is 5.69 Å². The Morgan fingerprint density at radius 2 is 1.77 bits per heavy atom. The molecule has 1 aromatic rings. The monoisotopic (exact) mass is 328 g/mol. The van der Waals surface area contributed by atoms with Crippen molar-refractivity contribution in [2.75, 3.05) is 0 Å². The average molecular weight is 328 g/mol. The van der Waals surface area contributed by atoms with Crippen LogP contribution in [0.3, 0.4) is 0 Å². The van der Waals surface area contributed by atoms with Gasteiger partial charge in [-0.2, -0.15) is 18.3 Å². The Kier molecular flexibility index (Phi) is 3.46. The van der Waals surface area contributed by atoms with E-state index in [0.29, 0.717) is 0 Å². The summed E-state index contributed by atoms with van der Waals surface area (Å²) in [5.74, 6) is -2.82. The fourth-order valence-electron chi connectivity index (χ4n) is 3.25. The van der Waals surface area contributed by atoms with Gasteiger partial charge in [0.1, 0.15) is 12.3 Å². The number of rotatable bonds is 1. The molecule has 3 nitrogen and oxygen atoms in total. The van der Waals surface area contributed by atoms with Gasteiger partial charge in [0.05, 0.1) is 6.04 Å². The molecule has 2 aliphatic rings. The highest BCUT2D eigenvalue weighted by atomic mass is 19.4. The van der Waals surface area contributed by atoms with Gasteiger partial charge in [-0.1, -0.05) is 0 Å². The van der Waals surface area contributed by atoms with Crippen molar-refractivity contribution in [2.24, 2.45) is 0 Å². The van der Waals surface area contributed by atoms with Crippen LogP contribution in [-0.2, 0) is 12.6 Å². The van der Waals surface area contributed by atoms with Crippen LogP contribution in [0.4, 0.5) is 26.3 Å². The quantitative estimate of drug-likeness (QED) is 0.800. The SMILES string of the molecule is O[C@H]1c2c(C(F)(F)F)nn(C3CCC(F)(F)CC3)c2C[C@H]1F. The van der Waals surface area contributed by atoms with Crippen LogP contribution in [0.5, 0.6) is 0 Å². The largest absolute Gasteiger partial charge is 0.435 e. The van der Waals surface area contributed by atoms with Crippen LogP contribution in [0.2, 0.25) is 0 Å².